The molecule has 1 atom stereocenters. The van der Waals surface area contributed by atoms with Crippen LogP contribution in [0.4, 0.5) is 14.9 Å². The minimum absolute atomic E-state index is 0.168. The van der Waals surface area contributed by atoms with E-state index in [-0.39, 0.29) is 12.4 Å². The maximum absolute atomic E-state index is 13.1. The molecule has 0 bridgehead atoms. The lowest BCUT2D eigenvalue weighted by Crippen LogP contribution is -2.43. The van der Waals surface area contributed by atoms with Gasteiger partial charge in [0.25, 0.3) is 0 Å². The quantitative estimate of drug-likeness (QED) is 0.733. The Bertz CT molecular complexity index is 785. The van der Waals surface area contributed by atoms with Gasteiger partial charge in [0, 0.05) is 5.69 Å². The summed E-state index contributed by atoms with van der Waals surface area (Å²) in [6.45, 7) is 1.74. The second-order valence-electron chi connectivity index (χ2n) is 5.28. The number of halogens is 2. The summed E-state index contributed by atoms with van der Waals surface area (Å²) in [7, 11) is 0. The number of carbonyl (C=O) groups is 2. The van der Waals surface area contributed by atoms with Crippen molar-refractivity contribution in [3.8, 4) is 5.75 Å². The van der Waals surface area contributed by atoms with Crippen molar-refractivity contribution >= 4 is 29.2 Å². The van der Waals surface area contributed by atoms with Crippen LogP contribution in [0.3, 0.4) is 0 Å². The lowest BCUT2D eigenvalue weighted by atomic mass is 10.2. The third-order valence-corrected chi connectivity index (χ3v) is 3.53. The van der Waals surface area contributed by atoms with E-state index in [1.165, 1.54) is 12.1 Å². The molecule has 0 aliphatic carbocycles. The molecule has 0 radical (unpaired) electrons. The number of ether oxygens (including phenoxy) is 1. The number of benzene rings is 2. The third kappa shape index (κ3) is 5.65. The Kier molecular flexibility index (Phi) is 6.19. The molecule has 0 aromatic heterocycles. The summed E-state index contributed by atoms with van der Waals surface area (Å²) in [5.74, 6) is -0.476. The molecule has 25 heavy (non-hydrogen) atoms. The van der Waals surface area contributed by atoms with Crippen LogP contribution in [-0.4, -0.2) is 18.0 Å². The number of primary amides is 1. The molecule has 0 heterocycles. The van der Waals surface area contributed by atoms with Gasteiger partial charge in [-0.1, -0.05) is 23.7 Å². The van der Waals surface area contributed by atoms with Crippen LogP contribution >= 0.6 is 11.6 Å². The normalized spacial score (nSPS) is 11.5. The number of rotatable bonds is 6. The second kappa shape index (κ2) is 8.34. The molecule has 0 saturated heterocycles. The maximum atomic E-state index is 13.1. The Morgan fingerprint density at radius 1 is 1.28 bits per heavy atom. The maximum Gasteiger partial charge on any atom is 0.318 e. The molecule has 0 fully saturated rings. The first-order chi connectivity index (χ1) is 11.8. The Labute approximate surface area is 149 Å². The first-order valence-electron chi connectivity index (χ1n) is 7.39. The molecule has 0 aliphatic heterocycles. The van der Waals surface area contributed by atoms with Gasteiger partial charge in [0.05, 0.1) is 5.02 Å². The highest BCUT2D eigenvalue weighted by Crippen LogP contribution is 2.28. The summed E-state index contributed by atoms with van der Waals surface area (Å²) in [6.07, 6.45) is 0. The molecule has 1 unspecified atom stereocenters. The molecule has 6 nitrogen and oxygen atoms in total. The van der Waals surface area contributed by atoms with Gasteiger partial charge in [0.2, 0.25) is 5.91 Å². The summed E-state index contributed by atoms with van der Waals surface area (Å²) < 4.78 is 18.7. The van der Waals surface area contributed by atoms with E-state index in [1.54, 1.807) is 37.3 Å². The molecular weight excluding hydrogens is 349 g/mol. The van der Waals surface area contributed by atoms with Crippen LogP contribution in [0.15, 0.2) is 42.5 Å². The van der Waals surface area contributed by atoms with Crippen LogP contribution in [0.5, 0.6) is 5.75 Å². The van der Waals surface area contributed by atoms with E-state index in [0.29, 0.717) is 22.0 Å². The topological polar surface area (TPSA) is 93.4 Å². The van der Waals surface area contributed by atoms with Gasteiger partial charge >= 0.3 is 6.03 Å². The van der Waals surface area contributed by atoms with Crippen molar-refractivity contribution < 1.29 is 18.7 Å². The molecule has 0 saturated carbocycles. The van der Waals surface area contributed by atoms with Gasteiger partial charge in [-0.15, -0.1) is 0 Å². The molecule has 2 aromatic carbocycles. The Balaban J connectivity index is 1.98. The highest BCUT2D eigenvalue weighted by Gasteiger charge is 2.14. The third-order valence-electron chi connectivity index (χ3n) is 3.24. The standard InChI is InChI=1S/C17H17ClFN3O3/c1-10(16(23)22-17(20)24)21-13-5-6-15(14(18)8-13)25-9-11-3-2-4-12(19)7-11/h2-8,10,21H,9H2,1H3,(H3,20,22,23,24). The van der Waals surface area contributed by atoms with Crippen molar-refractivity contribution in [1.29, 1.82) is 0 Å². The Morgan fingerprint density at radius 2 is 2.04 bits per heavy atom. The largest absolute Gasteiger partial charge is 0.487 e. The predicted octanol–water partition coefficient (Wildman–Crippen LogP) is 3.05. The average molecular weight is 366 g/mol. The van der Waals surface area contributed by atoms with E-state index in [4.69, 9.17) is 22.1 Å². The van der Waals surface area contributed by atoms with Crippen molar-refractivity contribution in [2.75, 3.05) is 5.32 Å². The highest BCUT2D eigenvalue weighted by atomic mass is 35.5. The number of nitrogens with one attached hydrogen (secondary N) is 2. The van der Waals surface area contributed by atoms with Gasteiger partial charge in [-0.05, 0) is 42.8 Å². The molecule has 132 valence electrons. The van der Waals surface area contributed by atoms with E-state index in [1.807, 2.05) is 5.32 Å². The number of anilines is 1. The Hall–Kier alpha value is -2.80. The van der Waals surface area contributed by atoms with Crippen molar-refractivity contribution in [1.82, 2.24) is 5.32 Å². The zero-order valence-electron chi connectivity index (χ0n) is 13.4. The van der Waals surface area contributed by atoms with Gasteiger partial charge in [0.15, 0.2) is 0 Å². The number of urea groups is 1. The summed E-state index contributed by atoms with van der Waals surface area (Å²) in [6, 6.07) is 9.34. The fourth-order valence-corrected chi connectivity index (χ4v) is 2.28. The van der Waals surface area contributed by atoms with Crippen molar-refractivity contribution in [2.45, 2.75) is 19.6 Å². The van der Waals surface area contributed by atoms with Crippen LogP contribution in [0.25, 0.3) is 0 Å². The van der Waals surface area contributed by atoms with Crippen LogP contribution in [0.2, 0.25) is 5.02 Å². The number of imide groups is 1. The lowest BCUT2D eigenvalue weighted by molar-refractivity contribution is -0.120. The fourth-order valence-electron chi connectivity index (χ4n) is 2.04. The van der Waals surface area contributed by atoms with Crippen molar-refractivity contribution in [2.24, 2.45) is 5.73 Å². The molecule has 8 heteroatoms. The molecular formula is C17H17ClFN3O3. The van der Waals surface area contributed by atoms with Gasteiger partial charge < -0.3 is 15.8 Å². The summed E-state index contributed by atoms with van der Waals surface area (Å²) in [5, 5.41) is 5.19. The minimum atomic E-state index is -0.919. The second-order valence-corrected chi connectivity index (χ2v) is 5.69. The van der Waals surface area contributed by atoms with Crippen LogP contribution < -0.4 is 21.1 Å². The van der Waals surface area contributed by atoms with E-state index in [2.05, 4.69) is 5.32 Å². The number of hydrogen-bond acceptors (Lipinski definition) is 4. The first kappa shape index (κ1) is 18.5. The van der Waals surface area contributed by atoms with E-state index >= 15 is 0 Å². The predicted molar refractivity (Wildman–Crippen MR) is 93.0 cm³/mol. The fraction of sp³-hybridized carbons (Fsp3) is 0.176. The first-order valence-corrected chi connectivity index (χ1v) is 7.76. The Morgan fingerprint density at radius 3 is 2.68 bits per heavy atom. The molecule has 3 amide bonds. The zero-order chi connectivity index (χ0) is 18.4. The van der Waals surface area contributed by atoms with Crippen molar-refractivity contribution in [3.05, 3.63) is 58.9 Å². The average Bonchev–Trinajstić information content (AvgIpc) is 2.53. The van der Waals surface area contributed by atoms with Gasteiger partial charge in [-0.2, -0.15) is 0 Å². The molecule has 2 aromatic rings. The number of carbonyl (C=O) groups excluding carboxylic acids is 2. The monoisotopic (exact) mass is 365 g/mol. The number of nitrogens with two attached hydrogens (primary N) is 1. The van der Waals surface area contributed by atoms with Crippen molar-refractivity contribution in [3.63, 3.8) is 0 Å². The smallest absolute Gasteiger partial charge is 0.318 e. The molecule has 0 spiro atoms. The molecule has 0 aliphatic rings. The van der Waals surface area contributed by atoms with Crippen LogP contribution in [-0.2, 0) is 11.4 Å². The molecule has 4 N–H and O–H groups in total. The molecule has 2 rings (SSSR count). The van der Waals surface area contributed by atoms with Gasteiger partial charge in [-0.3, -0.25) is 10.1 Å². The minimum Gasteiger partial charge on any atom is -0.487 e. The SMILES string of the molecule is CC(Nc1ccc(OCc2cccc(F)c2)c(Cl)c1)C(=O)NC(N)=O. The lowest BCUT2D eigenvalue weighted by Gasteiger charge is -2.15. The van der Waals surface area contributed by atoms with Gasteiger partial charge in [0.1, 0.15) is 24.2 Å². The zero-order valence-corrected chi connectivity index (χ0v) is 14.1. The number of hydrogen-bond donors (Lipinski definition) is 3. The van der Waals surface area contributed by atoms with Crippen LogP contribution in [0, 0.1) is 5.82 Å². The summed E-state index contributed by atoms with van der Waals surface area (Å²) >= 11 is 6.16. The van der Waals surface area contributed by atoms with E-state index < -0.39 is 18.0 Å². The van der Waals surface area contributed by atoms with Gasteiger partial charge in [-0.25, -0.2) is 9.18 Å². The van der Waals surface area contributed by atoms with Crippen LogP contribution in [0.1, 0.15) is 12.5 Å². The van der Waals surface area contributed by atoms with E-state index in [0.717, 1.165) is 0 Å². The number of amides is 3. The summed E-state index contributed by atoms with van der Waals surface area (Å²) in [5.41, 5.74) is 6.14. The highest BCUT2D eigenvalue weighted by molar-refractivity contribution is 6.32. The van der Waals surface area contributed by atoms with E-state index in [9.17, 15) is 14.0 Å². The summed E-state index contributed by atoms with van der Waals surface area (Å²) in [4.78, 5) is 22.3.